The van der Waals surface area contributed by atoms with Gasteiger partial charge in [0.1, 0.15) is 25.3 Å². The van der Waals surface area contributed by atoms with Gasteiger partial charge in [-0.2, -0.15) is 0 Å². The predicted molar refractivity (Wildman–Crippen MR) is 105 cm³/mol. The van der Waals surface area contributed by atoms with Gasteiger partial charge in [-0.25, -0.2) is 4.79 Å². The highest BCUT2D eigenvalue weighted by molar-refractivity contribution is 6.10. The molecule has 0 saturated carbocycles. The fraction of sp³-hybridized carbons (Fsp3) is 0.550. The van der Waals surface area contributed by atoms with Gasteiger partial charge < -0.3 is 25.0 Å². The van der Waals surface area contributed by atoms with Gasteiger partial charge in [-0.1, -0.05) is 6.92 Å². The van der Waals surface area contributed by atoms with Crippen molar-refractivity contribution in [3.8, 4) is 11.5 Å². The molecule has 0 aromatic heterocycles. The minimum absolute atomic E-state index is 0.309. The average Bonchev–Trinajstić information content (AvgIpc) is 2.94. The monoisotopic (exact) mass is 402 g/mol. The summed E-state index contributed by atoms with van der Waals surface area (Å²) in [5.41, 5.74) is -0.354. The number of imide groups is 1. The van der Waals surface area contributed by atoms with Crippen LogP contribution in [0.15, 0.2) is 18.2 Å². The van der Waals surface area contributed by atoms with Gasteiger partial charge >= 0.3 is 6.03 Å². The summed E-state index contributed by atoms with van der Waals surface area (Å²) >= 11 is 0. The lowest BCUT2D eigenvalue weighted by molar-refractivity contribution is -0.135. The molecule has 156 valence electrons. The van der Waals surface area contributed by atoms with Crippen molar-refractivity contribution < 1.29 is 23.9 Å². The summed E-state index contributed by atoms with van der Waals surface area (Å²) in [6, 6.07) is 4.58. The number of urea groups is 1. The Morgan fingerprint density at radius 3 is 2.62 bits per heavy atom. The molecule has 9 nitrogen and oxygen atoms in total. The average molecular weight is 402 g/mol. The van der Waals surface area contributed by atoms with Crippen molar-refractivity contribution in [2.75, 3.05) is 44.7 Å². The standard InChI is InChI=1S/C20H26N4O5/c1-2-7-23-8-5-20(6-9-23)18(26)24(19(27)22-20)13-17(25)21-14-3-4-15-16(12-14)29-11-10-28-15/h3-4,12H,2,5-11,13H2,1H3,(H,21,25)(H,22,27). The van der Waals surface area contributed by atoms with E-state index >= 15 is 0 Å². The number of ether oxygens (including phenoxy) is 2. The Morgan fingerprint density at radius 2 is 1.90 bits per heavy atom. The van der Waals surface area contributed by atoms with E-state index in [-0.39, 0.29) is 12.5 Å². The van der Waals surface area contributed by atoms with Gasteiger partial charge in [-0.05, 0) is 37.9 Å². The molecule has 3 heterocycles. The summed E-state index contributed by atoms with van der Waals surface area (Å²) in [4.78, 5) is 41.1. The van der Waals surface area contributed by atoms with Crippen LogP contribution in [0.4, 0.5) is 10.5 Å². The topological polar surface area (TPSA) is 100 Å². The quantitative estimate of drug-likeness (QED) is 0.718. The van der Waals surface area contributed by atoms with Crippen LogP contribution in [-0.4, -0.2) is 72.6 Å². The Morgan fingerprint density at radius 1 is 1.17 bits per heavy atom. The fourth-order valence-corrected chi connectivity index (χ4v) is 4.10. The lowest BCUT2D eigenvalue weighted by Crippen LogP contribution is -2.55. The molecule has 0 unspecified atom stereocenters. The van der Waals surface area contributed by atoms with Crippen LogP contribution in [0.25, 0.3) is 0 Å². The number of hydrogen-bond donors (Lipinski definition) is 2. The molecule has 0 radical (unpaired) electrons. The maximum Gasteiger partial charge on any atom is 0.325 e. The van der Waals surface area contributed by atoms with E-state index in [1.807, 2.05) is 0 Å². The van der Waals surface area contributed by atoms with E-state index in [2.05, 4.69) is 22.5 Å². The largest absolute Gasteiger partial charge is 0.486 e. The van der Waals surface area contributed by atoms with Crippen LogP contribution in [0.5, 0.6) is 11.5 Å². The van der Waals surface area contributed by atoms with Gasteiger partial charge in [0.2, 0.25) is 5.91 Å². The zero-order valence-electron chi connectivity index (χ0n) is 16.5. The van der Waals surface area contributed by atoms with E-state index < -0.39 is 17.5 Å². The van der Waals surface area contributed by atoms with E-state index in [1.165, 1.54) is 0 Å². The SMILES string of the molecule is CCCN1CCC2(CC1)NC(=O)N(CC(=O)Nc1ccc3c(c1)OCCO3)C2=O. The van der Waals surface area contributed by atoms with Crippen molar-refractivity contribution in [2.45, 2.75) is 31.7 Å². The number of piperidine rings is 1. The first-order valence-electron chi connectivity index (χ1n) is 10.1. The number of nitrogens with one attached hydrogen (secondary N) is 2. The summed E-state index contributed by atoms with van der Waals surface area (Å²) in [5, 5.41) is 5.55. The van der Waals surface area contributed by atoms with E-state index in [0.29, 0.717) is 43.2 Å². The Labute approximate surface area is 169 Å². The third-order valence-electron chi connectivity index (χ3n) is 5.62. The zero-order chi connectivity index (χ0) is 20.4. The van der Waals surface area contributed by atoms with Crippen LogP contribution < -0.4 is 20.1 Å². The van der Waals surface area contributed by atoms with Crippen molar-refractivity contribution in [2.24, 2.45) is 0 Å². The van der Waals surface area contributed by atoms with Gasteiger partial charge in [-0.15, -0.1) is 0 Å². The maximum atomic E-state index is 12.9. The molecule has 0 aliphatic carbocycles. The smallest absolute Gasteiger partial charge is 0.325 e. The van der Waals surface area contributed by atoms with Crippen molar-refractivity contribution >= 4 is 23.5 Å². The molecule has 2 N–H and O–H groups in total. The van der Waals surface area contributed by atoms with Gasteiger partial charge in [0, 0.05) is 24.8 Å². The summed E-state index contributed by atoms with van der Waals surface area (Å²) in [5.74, 6) is 0.433. The highest BCUT2D eigenvalue weighted by atomic mass is 16.6. The molecule has 1 spiro atoms. The van der Waals surface area contributed by atoms with Crippen molar-refractivity contribution in [3.05, 3.63) is 18.2 Å². The van der Waals surface area contributed by atoms with Crippen LogP contribution in [0.3, 0.4) is 0 Å². The predicted octanol–water partition coefficient (Wildman–Crippen LogP) is 1.19. The minimum Gasteiger partial charge on any atom is -0.486 e. The van der Waals surface area contributed by atoms with Gasteiger partial charge in [0.05, 0.1) is 0 Å². The Balaban J connectivity index is 1.37. The summed E-state index contributed by atoms with van der Waals surface area (Å²) < 4.78 is 11.0. The number of fused-ring (bicyclic) bond motifs is 1. The number of carbonyl (C=O) groups excluding carboxylic acids is 3. The second kappa shape index (κ2) is 7.90. The van der Waals surface area contributed by atoms with Crippen LogP contribution in [0.2, 0.25) is 0 Å². The van der Waals surface area contributed by atoms with Gasteiger partial charge in [0.15, 0.2) is 11.5 Å². The molecule has 0 atom stereocenters. The third-order valence-corrected chi connectivity index (χ3v) is 5.62. The van der Waals surface area contributed by atoms with Crippen molar-refractivity contribution in [1.82, 2.24) is 15.1 Å². The molecule has 9 heteroatoms. The fourth-order valence-electron chi connectivity index (χ4n) is 4.10. The summed E-state index contributed by atoms with van der Waals surface area (Å²) in [7, 11) is 0. The van der Waals surface area contributed by atoms with Crippen LogP contribution >= 0.6 is 0 Å². The molecular formula is C20H26N4O5. The second-order valence-corrected chi connectivity index (χ2v) is 7.65. The van der Waals surface area contributed by atoms with Crippen molar-refractivity contribution in [3.63, 3.8) is 0 Å². The molecule has 2 saturated heterocycles. The lowest BCUT2D eigenvalue weighted by Gasteiger charge is -2.37. The number of hydrogen-bond acceptors (Lipinski definition) is 6. The number of rotatable bonds is 5. The molecular weight excluding hydrogens is 376 g/mol. The number of carbonyl (C=O) groups is 3. The van der Waals surface area contributed by atoms with E-state index in [1.54, 1.807) is 18.2 Å². The summed E-state index contributed by atoms with van der Waals surface area (Å²) in [6.07, 6.45) is 2.19. The van der Waals surface area contributed by atoms with E-state index in [9.17, 15) is 14.4 Å². The number of benzene rings is 1. The normalized spacial score (nSPS) is 20.7. The number of amides is 4. The molecule has 0 bridgehead atoms. The number of nitrogens with zero attached hydrogens (tertiary/aromatic N) is 2. The first-order chi connectivity index (χ1) is 14.0. The molecule has 2 fully saturated rings. The van der Waals surface area contributed by atoms with Gasteiger partial charge in [-0.3, -0.25) is 14.5 Å². The first-order valence-corrected chi connectivity index (χ1v) is 10.1. The Hall–Kier alpha value is -2.81. The molecule has 3 aliphatic heterocycles. The molecule has 4 amide bonds. The second-order valence-electron chi connectivity index (χ2n) is 7.65. The van der Waals surface area contributed by atoms with Gasteiger partial charge in [0.25, 0.3) is 5.91 Å². The minimum atomic E-state index is -0.876. The highest BCUT2D eigenvalue weighted by Crippen LogP contribution is 2.33. The summed E-state index contributed by atoms with van der Waals surface area (Å²) in [6.45, 7) is 5.25. The molecule has 1 aromatic rings. The molecule has 3 aliphatic rings. The molecule has 29 heavy (non-hydrogen) atoms. The van der Waals surface area contributed by atoms with E-state index in [4.69, 9.17) is 9.47 Å². The zero-order valence-corrected chi connectivity index (χ0v) is 16.5. The lowest BCUT2D eigenvalue weighted by atomic mass is 9.87. The van der Waals surface area contributed by atoms with Crippen LogP contribution in [0, 0.1) is 0 Å². The molecule has 4 rings (SSSR count). The number of likely N-dealkylation sites (tertiary alicyclic amines) is 1. The number of anilines is 1. The first kappa shape index (κ1) is 19.5. The Bertz CT molecular complexity index is 819. The van der Waals surface area contributed by atoms with Crippen LogP contribution in [-0.2, 0) is 9.59 Å². The van der Waals surface area contributed by atoms with E-state index in [0.717, 1.165) is 31.0 Å². The Kier molecular flexibility index (Phi) is 5.31. The van der Waals surface area contributed by atoms with Crippen LogP contribution in [0.1, 0.15) is 26.2 Å². The third kappa shape index (κ3) is 3.87. The molecule has 1 aromatic carbocycles. The van der Waals surface area contributed by atoms with Crippen molar-refractivity contribution in [1.29, 1.82) is 0 Å². The highest BCUT2D eigenvalue weighted by Gasteiger charge is 2.52. The maximum absolute atomic E-state index is 12.9.